The summed E-state index contributed by atoms with van der Waals surface area (Å²) in [6.45, 7) is 4.72. The van der Waals surface area contributed by atoms with E-state index < -0.39 is 17.3 Å². The molecule has 2 aromatic carbocycles. The smallest absolute Gasteiger partial charge is 0.256 e. The fourth-order valence-electron chi connectivity index (χ4n) is 3.73. The third-order valence-electron chi connectivity index (χ3n) is 5.66. The van der Waals surface area contributed by atoms with E-state index in [0.717, 1.165) is 12.0 Å². The minimum Gasteiger partial charge on any atom is -0.488 e. The summed E-state index contributed by atoms with van der Waals surface area (Å²) in [5.41, 5.74) is 6.62. The van der Waals surface area contributed by atoms with Gasteiger partial charge in [-0.1, -0.05) is 12.1 Å². The van der Waals surface area contributed by atoms with Gasteiger partial charge in [0.1, 0.15) is 40.6 Å². The molecule has 1 amide bonds. The molecule has 34 heavy (non-hydrogen) atoms. The van der Waals surface area contributed by atoms with Crippen LogP contribution in [-0.4, -0.2) is 29.8 Å². The maximum absolute atomic E-state index is 14.5. The van der Waals surface area contributed by atoms with Crippen molar-refractivity contribution >= 4 is 17.4 Å². The van der Waals surface area contributed by atoms with Gasteiger partial charge in [-0.15, -0.1) is 0 Å². The van der Waals surface area contributed by atoms with Crippen molar-refractivity contribution < 1.29 is 23.4 Å². The van der Waals surface area contributed by atoms with Gasteiger partial charge in [0.25, 0.3) is 11.5 Å². The molecule has 1 saturated heterocycles. The number of primary amides is 1. The van der Waals surface area contributed by atoms with Gasteiger partial charge in [-0.3, -0.25) is 14.2 Å². The molecular weight excluding hydrogens is 441 g/mol. The summed E-state index contributed by atoms with van der Waals surface area (Å²) in [4.78, 5) is 25.2. The zero-order valence-electron chi connectivity index (χ0n) is 19.2. The van der Waals surface area contributed by atoms with Crippen LogP contribution < -0.4 is 26.1 Å². The first-order valence-corrected chi connectivity index (χ1v) is 10.8. The Morgan fingerprint density at radius 2 is 1.94 bits per heavy atom. The fraction of sp³-hybridized carbons (Fsp3) is 0.280. The van der Waals surface area contributed by atoms with Crippen LogP contribution >= 0.6 is 0 Å². The zero-order valence-corrected chi connectivity index (χ0v) is 19.2. The summed E-state index contributed by atoms with van der Waals surface area (Å²) in [6.07, 6.45) is 0.731. The predicted octanol–water partition coefficient (Wildman–Crippen LogP) is 3.94. The Balaban J connectivity index is 1.74. The van der Waals surface area contributed by atoms with Gasteiger partial charge in [0, 0.05) is 25.1 Å². The van der Waals surface area contributed by atoms with E-state index in [-0.39, 0.29) is 28.9 Å². The molecule has 1 aliphatic heterocycles. The van der Waals surface area contributed by atoms with Gasteiger partial charge in [0.2, 0.25) is 0 Å². The van der Waals surface area contributed by atoms with E-state index in [1.165, 1.54) is 29.8 Å². The minimum atomic E-state index is -0.839. The number of nitrogens with two attached hydrogens (primary N) is 1. The number of benzene rings is 2. The molecule has 0 radical (unpaired) electrons. The lowest BCUT2D eigenvalue weighted by molar-refractivity contribution is 0.0998. The van der Waals surface area contributed by atoms with E-state index in [9.17, 15) is 14.0 Å². The number of halogens is 1. The Kier molecular flexibility index (Phi) is 6.56. The third-order valence-corrected chi connectivity index (χ3v) is 5.66. The quantitative estimate of drug-likeness (QED) is 0.545. The average molecular weight is 467 g/mol. The summed E-state index contributed by atoms with van der Waals surface area (Å²) in [6, 6.07) is 11.0. The molecule has 1 aliphatic rings. The summed E-state index contributed by atoms with van der Waals surface area (Å²) in [5, 5.41) is 2.83. The molecule has 8 nitrogen and oxygen atoms in total. The summed E-state index contributed by atoms with van der Waals surface area (Å²) < 4.78 is 33.1. The number of aromatic nitrogens is 1. The number of hydrogen-bond acceptors (Lipinski definition) is 6. The van der Waals surface area contributed by atoms with Crippen LogP contribution in [0.1, 0.15) is 27.9 Å². The van der Waals surface area contributed by atoms with Crippen molar-refractivity contribution in [2.45, 2.75) is 26.4 Å². The molecule has 4 rings (SSSR count). The highest BCUT2D eigenvalue weighted by Gasteiger charge is 2.23. The maximum Gasteiger partial charge on any atom is 0.256 e. The van der Waals surface area contributed by atoms with E-state index in [1.54, 1.807) is 25.1 Å². The van der Waals surface area contributed by atoms with E-state index in [1.807, 2.05) is 13.0 Å². The van der Waals surface area contributed by atoms with Crippen molar-refractivity contribution in [2.75, 3.05) is 18.5 Å². The number of anilines is 2. The van der Waals surface area contributed by atoms with Crippen molar-refractivity contribution in [1.29, 1.82) is 0 Å². The summed E-state index contributed by atoms with van der Waals surface area (Å²) in [7, 11) is 1.45. The van der Waals surface area contributed by atoms with Gasteiger partial charge in [0.05, 0.1) is 18.9 Å². The molecule has 1 atom stereocenters. The van der Waals surface area contributed by atoms with Crippen molar-refractivity contribution in [2.24, 2.45) is 12.8 Å². The van der Waals surface area contributed by atoms with Crippen LogP contribution in [0.25, 0.3) is 0 Å². The van der Waals surface area contributed by atoms with E-state index in [0.29, 0.717) is 30.3 Å². The molecule has 3 aromatic rings. The first-order valence-electron chi connectivity index (χ1n) is 10.8. The minimum absolute atomic E-state index is 0.0194. The van der Waals surface area contributed by atoms with Crippen LogP contribution in [0.15, 0.2) is 47.3 Å². The van der Waals surface area contributed by atoms with Gasteiger partial charge in [-0.05, 0) is 43.7 Å². The topological polar surface area (TPSA) is 105 Å². The van der Waals surface area contributed by atoms with Gasteiger partial charge in [-0.2, -0.15) is 0 Å². The van der Waals surface area contributed by atoms with Crippen molar-refractivity contribution in [3.63, 3.8) is 0 Å². The maximum atomic E-state index is 14.5. The molecule has 178 valence electrons. The molecule has 2 heterocycles. The second-order valence-electron chi connectivity index (χ2n) is 8.19. The lowest BCUT2D eigenvalue weighted by Crippen LogP contribution is -2.25. The molecule has 0 aliphatic carbocycles. The number of carbonyl (C=O) groups excluding carboxylic acids is 1. The molecule has 0 bridgehead atoms. The lowest BCUT2D eigenvalue weighted by atomic mass is 10.1. The number of rotatable bonds is 7. The van der Waals surface area contributed by atoms with Crippen LogP contribution in [0.2, 0.25) is 0 Å². The van der Waals surface area contributed by atoms with Gasteiger partial charge in [-0.25, -0.2) is 4.39 Å². The van der Waals surface area contributed by atoms with E-state index in [4.69, 9.17) is 19.9 Å². The average Bonchev–Trinajstić information content (AvgIpc) is 3.29. The number of pyridine rings is 1. The fourth-order valence-corrected chi connectivity index (χ4v) is 3.73. The highest BCUT2D eigenvalue weighted by Crippen LogP contribution is 2.35. The zero-order chi connectivity index (χ0) is 24.4. The second-order valence-corrected chi connectivity index (χ2v) is 8.19. The number of carbonyl (C=O) groups is 1. The molecule has 1 unspecified atom stereocenters. The van der Waals surface area contributed by atoms with Crippen molar-refractivity contribution in [3.05, 3.63) is 75.3 Å². The molecule has 0 saturated carbocycles. The molecule has 3 N–H and O–H groups in total. The Morgan fingerprint density at radius 1 is 1.18 bits per heavy atom. The van der Waals surface area contributed by atoms with Crippen LogP contribution in [0, 0.1) is 19.7 Å². The normalized spacial score (nSPS) is 15.2. The van der Waals surface area contributed by atoms with Crippen LogP contribution in [0.5, 0.6) is 17.2 Å². The van der Waals surface area contributed by atoms with Crippen LogP contribution in [0.3, 0.4) is 0 Å². The highest BCUT2D eigenvalue weighted by atomic mass is 19.1. The SMILES string of the molecule is Cc1ccc(Nc2c(C(N)=O)c(Oc3cccc(OC4CCOC4)c3C)cc(=O)n2C)c(F)c1. The monoisotopic (exact) mass is 467 g/mol. The Hall–Kier alpha value is -3.85. The first kappa shape index (κ1) is 23.3. The van der Waals surface area contributed by atoms with Gasteiger partial charge in [0.15, 0.2) is 0 Å². The highest BCUT2D eigenvalue weighted by molar-refractivity contribution is 6.01. The summed E-state index contributed by atoms with van der Waals surface area (Å²) >= 11 is 0. The third kappa shape index (κ3) is 4.74. The van der Waals surface area contributed by atoms with Gasteiger partial charge >= 0.3 is 0 Å². The van der Waals surface area contributed by atoms with Crippen molar-refractivity contribution in [3.8, 4) is 17.2 Å². The van der Waals surface area contributed by atoms with E-state index >= 15 is 0 Å². The number of nitrogens with zero attached hydrogens (tertiary/aromatic N) is 1. The Morgan fingerprint density at radius 3 is 2.62 bits per heavy atom. The number of amides is 1. The molecule has 1 fully saturated rings. The molecule has 0 spiro atoms. The predicted molar refractivity (Wildman–Crippen MR) is 126 cm³/mol. The van der Waals surface area contributed by atoms with Crippen molar-refractivity contribution in [1.82, 2.24) is 4.57 Å². The largest absolute Gasteiger partial charge is 0.488 e. The lowest BCUT2D eigenvalue weighted by Gasteiger charge is -2.20. The molecule has 9 heteroatoms. The Labute approximate surface area is 196 Å². The number of nitrogens with one attached hydrogen (secondary N) is 1. The standard InChI is InChI=1S/C25H26FN3O5/c1-14-7-8-18(17(26)11-14)28-25-23(24(27)31)21(12-22(30)29(25)3)34-20-6-4-5-19(15(20)2)33-16-9-10-32-13-16/h4-8,11-12,16,28H,9-10,13H2,1-3H3,(H2,27,31). The number of ether oxygens (including phenoxy) is 3. The molecule has 1 aromatic heterocycles. The van der Waals surface area contributed by atoms with Crippen LogP contribution in [-0.2, 0) is 11.8 Å². The first-order chi connectivity index (χ1) is 16.2. The Bertz CT molecular complexity index is 1300. The van der Waals surface area contributed by atoms with Crippen LogP contribution in [0.4, 0.5) is 15.9 Å². The number of aryl methyl sites for hydroxylation is 1. The van der Waals surface area contributed by atoms with E-state index in [2.05, 4.69) is 5.32 Å². The number of hydrogen-bond donors (Lipinski definition) is 2. The molecular formula is C25H26FN3O5. The van der Waals surface area contributed by atoms with Gasteiger partial charge < -0.3 is 25.3 Å². The summed E-state index contributed by atoms with van der Waals surface area (Å²) in [5.74, 6) is -0.405. The second kappa shape index (κ2) is 9.56.